The lowest BCUT2D eigenvalue weighted by Gasteiger charge is -2.41. The summed E-state index contributed by atoms with van der Waals surface area (Å²) < 4.78 is 5.12. The number of carbonyl (C=O) groups is 1. The summed E-state index contributed by atoms with van der Waals surface area (Å²) in [5.74, 6) is 1.44. The van der Waals surface area contributed by atoms with Crippen LogP contribution in [0.2, 0.25) is 0 Å². The average molecular weight is 520 g/mol. The fourth-order valence-corrected chi connectivity index (χ4v) is 4.80. The minimum atomic E-state index is -0.289. The van der Waals surface area contributed by atoms with E-state index in [1.54, 1.807) is 0 Å². The largest absolute Gasteiger partial charge is 0.462 e. The lowest BCUT2D eigenvalue weighted by atomic mass is 9.65. The van der Waals surface area contributed by atoms with Gasteiger partial charge in [0.2, 0.25) is 0 Å². The molecule has 0 radical (unpaired) electrons. The highest BCUT2D eigenvalue weighted by molar-refractivity contribution is 14.0. The highest BCUT2D eigenvalue weighted by Crippen LogP contribution is 2.57. The number of esters is 1. The average Bonchev–Trinajstić information content (AvgIpc) is 3.36. The first-order valence-electron chi connectivity index (χ1n) is 10.2. The van der Waals surface area contributed by atoms with E-state index < -0.39 is 0 Å². The van der Waals surface area contributed by atoms with Gasteiger partial charge < -0.3 is 15.4 Å². The number of carbonyl (C=O) groups excluding carboxylic acids is 1. The molecule has 1 unspecified atom stereocenters. The van der Waals surface area contributed by atoms with Crippen molar-refractivity contribution in [3.05, 3.63) is 15.6 Å². The van der Waals surface area contributed by atoms with E-state index in [1.165, 1.54) is 43.4 Å². The third kappa shape index (κ3) is 5.37. The fraction of sp³-hybridized carbons (Fsp3) is 0.750. The van der Waals surface area contributed by atoms with Crippen LogP contribution in [0.15, 0.2) is 4.99 Å². The maximum Gasteiger partial charge on any atom is 0.350 e. The molecule has 0 saturated heterocycles. The van der Waals surface area contributed by atoms with Crippen LogP contribution < -0.4 is 10.6 Å². The van der Waals surface area contributed by atoms with Crippen molar-refractivity contribution in [2.75, 3.05) is 19.7 Å². The smallest absolute Gasteiger partial charge is 0.350 e. The van der Waals surface area contributed by atoms with Crippen molar-refractivity contribution in [3.63, 3.8) is 0 Å². The quantitative estimate of drug-likeness (QED) is 0.230. The Kier molecular flexibility index (Phi) is 8.54. The summed E-state index contributed by atoms with van der Waals surface area (Å²) in [6.07, 6.45) is 6.76. The van der Waals surface area contributed by atoms with Crippen LogP contribution in [0.3, 0.4) is 0 Å². The van der Waals surface area contributed by atoms with Crippen LogP contribution >= 0.6 is 35.3 Å². The minimum absolute atomic E-state index is 0. The van der Waals surface area contributed by atoms with Gasteiger partial charge >= 0.3 is 5.97 Å². The van der Waals surface area contributed by atoms with Crippen molar-refractivity contribution >= 4 is 47.2 Å². The number of hydrogen-bond acceptors (Lipinski definition) is 5. The van der Waals surface area contributed by atoms with E-state index in [9.17, 15) is 4.79 Å². The second-order valence-electron chi connectivity index (χ2n) is 7.74. The van der Waals surface area contributed by atoms with Gasteiger partial charge in [0.05, 0.1) is 18.3 Å². The number of aryl methyl sites for hydroxylation is 1. The van der Waals surface area contributed by atoms with Gasteiger partial charge in [0, 0.05) is 13.1 Å². The lowest BCUT2D eigenvalue weighted by Crippen LogP contribution is -2.41. The van der Waals surface area contributed by atoms with Gasteiger partial charge in [-0.25, -0.2) is 9.78 Å². The van der Waals surface area contributed by atoms with Gasteiger partial charge in [-0.3, -0.25) is 4.99 Å². The van der Waals surface area contributed by atoms with Gasteiger partial charge in [-0.15, -0.1) is 35.3 Å². The van der Waals surface area contributed by atoms with Gasteiger partial charge in [0.1, 0.15) is 9.88 Å². The van der Waals surface area contributed by atoms with Crippen LogP contribution in [0.1, 0.15) is 79.3 Å². The Morgan fingerprint density at radius 3 is 2.64 bits per heavy atom. The number of aromatic nitrogens is 1. The number of nitrogens with zero attached hydrogens (tertiary/aromatic N) is 2. The Balaban J connectivity index is 0.00000280. The Hall–Kier alpha value is -0.900. The molecule has 2 N–H and O–H groups in total. The zero-order valence-corrected chi connectivity index (χ0v) is 20.5. The van der Waals surface area contributed by atoms with Crippen molar-refractivity contribution in [1.29, 1.82) is 0 Å². The first kappa shape index (κ1) is 23.4. The summed E-state index contributed by atoms with van der Waals surface area (Å²) in [5.41, 5.74) is 1.19. The molecule has 1 atom stereocenters. The van der Waals surface area contributed by atoms with Gasteiger partial charge in [0.25, 0.3) is 0 Å². The molecule has 2 aliphatic rings. The molecule has 0 spiro atoms. The summed E-state index contributed by atoms with van der Waals surface area (Å²) in [6.45, 7) is 9.90. The van der Waals surface area contributed by atoms with E-state index in [2.05, 4.69) is 29.5 Å². The number of ether oxygens (including phenoxy) is 1. The summed E-state index contributed by atoms with van der Waals surface area (Å²) >= 11 is 1.40. The highest BCUT2D eigenvalue weighted by atomic mass is 127. The van der Waals surface area contributed by atoms with E-state index in [0.29, 0.717) is 16.9 Å². The molecule has 0 aromatic carbocycles. The number of halogens is 1. The Labute approximate surface area is 189 Å². The van der Waals surface area contributed by atoms with Crippen LogP contribution in [0.4, 0.5) is 0 Å². The molecule has 0 bridgehead atoms. The zero-order chi connectivity index (χ0) is 19.4. The normalized spacial score (nSPS) is 19.2. The minimum Gasteiger partial charge on any atom is -0.462 e. The standard InChI is InChI=1S/C20H32N4O2S.HI/c1-5-21-19(22-12-20(10-7-11-20)15-8-9-15)24-14(4)17-23-13(3)16(27-17)18(25)26-6-2;/h14-15H,5-12H2,1-4H3,(H2,21,22,24);1H. The van der Waals surface area contributed by atoms with Crippen molar-refractivity contribution in [2.45, 2.75) is 65.8 Å². The van der Waals surface area contributed by atoms with E-state index in [1.807, 2.05) is 13.8 Å². The molecule has 1 aromatic heterocycles. The number of aliphatic imine (C=N–C) groups is 1. The second-order valence-corrected chi connectivity index (χ2v) is 8.77. The molecular weight excluding hydrogens is 487 g/mol. The Bertz CT molecular complexity index is 698. The van der Waals surface area contributed by atoms with Crippen molar-refractivity contribution in [2.24, 2.45) is 16.3 Å². The number of thiazole rings is 1. The molecule has 1 heterocycles. The predicted molar refractivity (Wildman–Crippen MR) is 125 cm³/mol. The maximum absolute atomic E-state index is 12.0. The summed E-state index contributed by atoms with van der Waals surface area (Å²) in [4.78, 5) is 22.1. The molecule has 2 aliphatic carbocycles. The number of nitrogens with one attached hydrogen (secondary N) is 2. The number of hydrogen-bond donors (Lipinski definition) is 2. The Morgan fingerprint density at radius 2 is 2.11 bits per heavy atom. The first-order valence-corrected chi connectivity index (χ1v) is 11.0. The highest BCUT2D eigenvalue weighted by Gasteiger charge is 2.48. The third-order valence-corrected chi connectivity index (χ3v) is 7.01. The van der Waals surface area contributed by atoms with E-state index >= 15 is 0 Å². The molecule has 0 amide bonds. The molecule has 6 nitrogen and oxygen atoms in total. The number of rotatable bonds is 8. The zero-order valence-electron chi connectivity index (χ0n) is 17.3. The second kappa shape index (κ2) is 10.2. The monoisotopic (exact) mass is 520 g/mol. The predicted octanol–water partition coefficient (Wildman–Crippen LogP) is 4.44. The van der Waals surface area contributed by atoms with Crippen LogP contribution in [0.25, 0.3) is 0 Å². The molecule has 8 heteroatoms. The van der Waals surface area contributed by atoms with Crippen LogP contribution in [0.5, 0.6) is 0 Å². The van der Waals surface area contributed by atoms with E-state index in [0.717, 1.165) is 35.7 Å². The van der Waals surface area contributed by atoms with Gasteiger partial charge in [-0.05, 0) is 64.7 Å². The topological polar surface area (TPSA) is 75.6 Å². The summed E-state index contributed by atoms with van der Waals surface area (Å²) in [6, 6.07) is -0.0204. The molecule has 0 aliphatic heterocycles. The summed E-state index contributed by atoms with van der Waals surface area (Å²) in [5, 5.41) is 7.69. The first-order chi connectivity index (χ1) is 13.0. The van der Waals surface area contributed by atoms with Crippen LogP contribution in [-0.4, -0.2) is 36.6 Å². The van der Waals surface area contributed by atoms with E-state index in [4.69, 9.17) is 9.73 Å². The maximum atomic E-state index is 12.0. The fourth-order valence-electron chi connectivity index (χ4n) is 3.83. The van der Waals surface area contributed by atoms with Crippen molar-refractivity contribution in [3.8, 4) is 0 Å². The van der Waals surface area contributed by atoms with Crippen molar-refractivity contribution in [1.82, 2.24) is 15.6 Å². The van der Waals surface area contributed by atoms with Gasteiger partial charge in [-0.1, -0.05) is 6.42 Å². The third-order valence-electron chi connectivity index (χ3n) is 5.69. The van der Waals surface area contributed by atoms with Crippen molar-refractivity contribution < 1.29 is 9.53 Å². The number of guanidine groups is 1. The molecule has 3 rings (SSSR count). The lowest BCUT2D eigenvalue weighted by molar-refractivity contribution is 0.0531. The Morgan fingerprint density at radius 1 is 1.39 bits per heavy atom. The van der Waals surface area contributed by atoms with Crippen LogP contribution in [-0.2, 0) is 4.74 Å². The molecule has 158 valence electrons. The molecule has 2 fully saturated rings. The SMILES string of the molecule is CCNC(=NCC1(C2CC2)CCC1)NC(C)c1nc(C)c(C(=O)OCC)s1.I. The van der Waals surface area contributed by atoms with Gasteiger partial charge in [-0.2, -0.15) is 0 Å². The molecule has 28 heavy (non-hydrogen) atoms. The van der Waals surface area contributed by atoms with E-state index in [-0.39, 0.29) is 36.0 Å². The molecule has 1 aromatic rings. The molecular formula is C20H33IN4O2S. The molecule has 2 saturated carbocycles. The van der Waals surface area contributed by atoms with Gasteiger partial charge in [0.15, 0.2) is 5.96 Å². The van der Waals surface area contributed by atoms with Crippen LogP contribution in [0, 0.1) is 18.3 Å². The summed E-state index contributed by atoms with van der Waals surface area (Å²) in [7, 11) is 0.